The third-order valence-electron chi connectivity index (χ3n) is 5.83. The number of nitrogens with zero attached hydrogens (tertiary/aromatic N) is 1. The molecule has 1 atom stereocenters. The molecule has 0 spiro atoms. The van der Waals surface area contributed by atoms with Crippen LogP contribution in [0.4, 0.5) is 0 Å². The minimum atomic E-state index is 0.388. The number of hydrogen-bond acceptors (Lipinski definition) is 3. The molecule has 1 saturated carbocycles. The normalized spacial score (nSPS) is 32.5. The number of ether oxygens (including phenoxy) is 1. The lowest BCUT2D eigenvalue weighted by Crippen LogP contribution is -2.47. The predicted octanol–water partition coefficient (Wildman–Crippen LogP) is 2.90. The highest BCUT2D eigenvalue weighted by molar-refractivity contribution is 4.86. The Bertz CT molecular complexity index is 279. The predicted molar refractivity (Wildman–Crippen MR) is 85.1 cm³/mol. The largest absolute Gasteiger partial charge is 0.374 e. The maximum atomic E-state index is 5.83. The van der Waals surface area contributed by atoms with Crippen molar-refractivity contribution in [2.75, 3.05) is 33.3 Å². The van der Waals surface area contributed by atoms with Crippen LogP contribution >= 0.6 is 0 Å². The molecule has 1 saturated heterocycles. The first-order valence-corrected chi connectivity index (χ1v) is 8.55. The van der Waals surface area contributed by atoms with Gasteiger partial charge in [-0.3, -0.25) is 0 Å². The molecule has 2 fully saturated rings. The minimum Gasteiger partial charge on any atom is -0.374 e. The minimum absolute atomic E-state index is 0.388. The Morgan fingerprint density at radius 1 is 1.20 bits per heavy atom. The summed E-state index contributed by atoms with van der Waals surface area (Å²) in [5.41, 5.74) is 0.528. The maximum Gasteiger partial charge on any atom is 0.0826 e. The molecule has 0 amide bonds. The highest BCUT2D eigenvalue weighted by Gasteiger charge is 2.33. The van der Waals surface area contributed by atoms with Gasteiger partial charge in [-0.1, -0.05) is 27.2 Å². The number of likely N-dealkylation sites (N-methyl/N-ethyl adjacent to an activating group) is 1. The highest BCUT2D eigenvalue weighted by Crippen LogP contribution is 2.41. The molecule has 1 unspecified atom stereocenters. The Hall–Kier alpha value is -0.120. The zero-order chi connectivity index (χ0) is 14.6. The standard InChI is InChI=1S/C17H34N2O/c1-5-17(2,3)14-6-8-15(9-7-14)19(4)13-16-12-18-10-11-20-16/h14-16,18H,5-13H2,1-4H3. The summed E-state index contributed by atoms with van der Waals surface area (Å²) in [6.45, 7) is 11.2. The van der Waals surface area contributed by atoms with Crippen LogP contribution < -0.4 is 5.32 Å². The molecule has 1 heterocycles. The highest BCUT2D eigenvalue weighted by atomic mass is 16.5. The summed E-state index contributed by atoms with van der Waals surface area (Å²) in [5, 5.41) is 3.43. The van der Waals surface area contributed by atoms with Crippen molar-refractivity contribution in [3.8, 4) is 0 Å². The quantitative estimate of drug-likeness (QED) is 0.839. The molecule has 0 aromatic rings. The number of nitrogens with one attached hydrogen (secondary N) is 1. The molecule has 0 aromatic heterocycles. The lowest BCUT2D eigenvalue weighted by Gasteiger charge is -2.42. The van der Waals surface area contributed by atoms with Crippen molar-refractivity contribution in [3.63, 3.8) is 0 Å². The molecule has 0 bridgehead atoms. The number of morpholine rings is 1. The van der Waals surface area contributed by atoms with Crippen molar-refractivity contribution < 1.29 is 4.74 Å². The average Bonchev–Trinajstić information content (AvgIpc) is 2.48. The van der Waals surface area contributed by atoms with Crippen LogP contribution in [0.5, 0.6) is 0 Å². The van der Waals surface area contributed by atoms with Gasteiger partial charge in [-0.05, 0) is 44.1 Å². The van der Waals surface area contributed by atoms with Crippen molar-refractivity contribution in [2.24, 2.45) is 11.3 Å². The van der Waals surface area contributed by atoms with Gasteiger partial charge in [-0.25, -0.2) is 0 Å². The van der Waals surface area contributed by atoms with E-state index in [0.717, 1.165) is 38.2 Å². The van der Waals surface area contributed by atoms with E-state index in [4.69, 9.17) is 4.74 Å². The monoisotopic (exact) mass is 282 g/mol. The Kier molecular flexibility index (Phi) is 5.88. The van der Waals surface area contributed by atoms with Crippen LogP contribution in [0.2, 0.25) is 0 Å². The van der Waals surface area contributed by atoms with Crippen molar-refractivity contribution in [3.05, 3.63) is 0 Å². The third-order valence-corrected chi connectivity index (χ3v) is 5.83. The molecule has 1 aliphatic carbocycles. The summed E-state index contributed by atoms with van der Waals surface area (Å²) in [5.74, 6) is 0.921. The fourth-order valence-corrected chi connectivity index (χ4v) is 3.79. The van der Waals surface area contributed by atoms with Gasteiger partial charge in [0.15, 0.2) is 0 Å². The second-order valence-electron chi connectivity index (χ2n) is 7.48. The molecule has 1 aliphatic heterocycles. The Labute approximate surface area is 125 Å². The van der Waals surface area contributed by atoms with Crippen molar-refractivity contribution in [2.45, 2.75) is 65.0 Å². The molecule has 118 valence electrons. The van der Waals surface area contributed by atoms with Crippen LogP contribution in [-0.2, 0) is 4.74 Å². The van der Waals surface area contributed by atoms with Gasteiger partial charge in [0.25, 0.3) is 0 Å². The second kappa shape index (κ2) is 7.24. The molecule has 0 radical (unpaired) electrons. The van der Waals surface area contributed by atoms with Crippen LogP contribution in [0.25, 0.3) is 0 Å². The average molecular weight is 282 g/mol. The first-order chi connectivity index (χ1) is 9.53. The molecule has 0 aromatic carbocycles. The first-order valence-electron chi connectivity index (χ1n) is 8.55. The fourth-order valence-electron chi connectivity index (χ4n) is 3.79. The van der Waals surface area contributed by atoms with Gasteiger partial charge < -0.3 is 15.0 Å². The molecule has 2 aliphatic rings. The van der Waals surface area contributed by atoms with Gasteiger partial charge in [0.05, 0.1) is 12.7 Å². The van der Waals surface area contributed by atoms with E-state index in [1.165, 1.54) is 32.1 Å². The zero-order valence-electron chi connectivity index (χ0n) is 14.0. The summed E-state index contributed by atoms with van der Waals surface area (Å²) < 4.78 is 5.83. The maximum absolute atomic E-state index is 5.83. The molecule has 20 heavy (non-hydrogen) atoms. The Balaban J connectivity index is 1.75. The van der Waals surface area contributed by atoms with Gasteiger partial charge >= 0.3 is 0 Å². The summed E-state index contributed by atoms with van der Waals surface area (Å²) >= 11 is 0. The van der Waals surface area contributed by atoms with Crippen LogP contribution in [0.1, 0.15) is 52.9 Å². The van der Waals surface area contributed by atoms with Gasteiger partial charge in [0, 0.05) is 25.7 Å². The van der Waals surface area contributed by atoms with E-state index in [9.17, 15) is 0 Å². The van der Waals surface area contributed by atoms with E-state index >= 15 is 0 Å². The molecular weight excluding hydrogens is 248 g/mol. The summed E-state index contributed by atoms with van der Waals surface area (Å²) in [6.07, 6.45) is 7.23. The molecule has 3 nitrogen and oxygen atoms in total. The smallest absolute Gasteiger partial charge is 0.0826 e. The first kappa shape index (κ1) is 16.3. The SMILES string of the molecule is CCC(C)(C)C1CCC(N(C)CC2CNCCO2)CC1. The van der Waals surface area contributed by atoms with Gasteiger partial charge in [0.2, 0.25) is 0 Å². The van der Waals surface area contributed by atoms with E-state index in [-0.39, 0.29) is 0 Å². The van der Waals surface area contributed by atoms with E-state index in [1.807, 2.05) is 0 Å². The van der Waals surface area contributed by atoms with Gasteiger partial charge in [-0.2, -0.15) is 0 Å². The van der Waals surface area contributed by atoms with E-state index in [0.29, 0.717) is 11.5 Å². The lowest BCUT2D eigenvalue weighted by atomic mass is 9.68. The summed E-state index contributed by atoms with van der Waals surface area (Å²) in [7, 11) is 2.29. The van der Waals surface area contributed by atoms with E-state index in [1.54, 1.807) is 0 Å². The lowest BCUT2D eigenvalue weighted by molar-refractivity contribution is -0.00459. The molecule has 3 heteroatoms. The van der Waals surface area contributed by atoms with E-state index in [2.05, 4.69) is 38.0 Å². The van der Waals surface area contributed by atoms with Crippen LogP contribution in [0, 0.1) is 11.3 Å². The Morgan fingerprint density at radius 3 is 2.45 bits per heavy atom. The third kappa shape index (κ3) is 4.19. The molecule has 2 rings (SSSR count). The van der Waals surface area contributed by atoms with Gasteiger partial charge in [-0.15, -0.1) is 0 Å². The Morgan fingerprint density at radius 2 is 1.90 bits per heavy atom. The number of rotatable bonds is 5. The van der Waals surface area contributed by atoms with Crippen molar-refractivity contribution >= 4 is 0 Å². The van der Waals surface area contributed by atoms with Crippen molar-refractivity contribution in [1.29, 1.82) is 0 Å². The molecular formula is C17H34N2O. The van der Waals surface area contributed by atoms with E-state index < -0.39 is 0 Å². The zero-order valence-corrected chi connectivity index (χ0v) is 14.0. The topological polar surface area (TPSA) is 24.5 Å². The summed E-state index contributed by atoms with van der Waals surface area (Å²) in [6, 6.07) is 0.768. The van der Waals surface area contributed by atoms with Crippen LogP contribution in [-0.4, -0.2) is 50.3 Å². The van der Waals surface area contributed by atoms with Crippen molar-refractivity contribution in [1.82, 2.24) is 10.2 Å². The van der Waals surface area contributed by atoms with Crippen LogP contribution in [0.3, 0.4) is 0 Å². The summed E-state index contributed by atoms with van der Waals surface area (Å²) in [4.78, 5) is 2.55. The second-order valence-corrected chi connectivity index (χ2v) is 7.48. The van der Waals surface area contributed by atoms with Crippen LogP contribution in [0.15, 0.2) is 0 Å². The molecule has 1 N–H and O–H groups in total. The fraction of sp³-hybridized carbons (Fsp3) is 1.00. The van der Waals surface area contributed by atoms with Gasteiger partial charge in [0.1, 0.15) is 0 Å². The number of hydrogen-bond donors (Lipinski definition) is 1.